The van der Waals surface area contributed by atoms with Crippen molar-refractivity contribution in [2.45, 2.75) is 18.9 Å². The summed E-state index contributed by atoms with van der Waals surface area (Å²) in [7, 11) is 1.61. The Bertz CT molecular complexity index is 673. The molecule has 2 amide bonds. The summed E-state index contributed by atoms with van der Waals surface area (Å²) < 4.78 is 5.09. The number of nitrogens with zero attached hydrogens (tertiary/aromatic N) is 2. The van der Waals surface area contributed by atoms with Crippen molar-refractivity contribution in [3.05, 3.63) is 35.4 Å². The lowest BCUT2D eigenvalue weighted by molar-refractivity contribution is -0.140. The lowest BCUT2D eigenvalue weighted by atomic mass is 9.94. The van der Waals surface area contributed by atoms with Crippen LogP contribution in [0.3, 0.4) is 0 Å². The van der Waals surface area contributed by atoms with Crippen molar-refractivity contribution in [1.29, 1.82) is 0 Å². The first-order chi connectivity index (χ1) is 12.0. The number of piperidine rings is 1. The first-order valence-corrected chi connectivity index (χ1v) is 8.43. The molecule has 0 unspecified atom stereocenters. The van der Waals surface area contributed by atoms with Crippen molar-refractivity contribution in [3.63, 3.8) is 0 Å². The molecule has 3 heterocycles. The number of ether oxygens (including phenoxy) is 1. The molecule has 1 aromatic rings. The number of carbonyl (C=O) groups excluding carboxylic acids is 2. The van der Waals surface area contributed by atoms with Gasteiger partial charge in [0.2, 0.25) is 5.91 Å². The number of aromatic carboxylic acids is 1. The first kappa shape index (κ1) is 17.4. The highest BCUT2D eigenvalue weighted by atomic mass is 16.5. The van der Waals surface area contributed by atoms with E-state index in [4.69, 9.17) is 9.84 Å². The van der Waals surface area contributed by atoms with Gasteiger partial charge >= 0.3 is 5.97 Å². The number of fused-ring (bicyclic) bond motifs is 4. The molecular weight excluding hydrogens is 324 g/mol. The highest BCUT2D eigenvalue weighted by Crippen LogP contribution is 2.29. The average Bonchev–Trinajstić information content (AvgIpc) is 2.91. The quantitative estimate of drug-likeness (QED) is 0.862. The SMILES string of the molecule is COCCN1C(=O)[C@H]2CC[C@@H]1CN(C(=O)c1ccc(C(=O)O)cc1)C2. The molecule has 7 heteroatoms. The largest absolute Gasteiger partial charge is 0.478 e. The molecule has 0 saturated carbocycles. The number of amides is 2. The minimum absolute atomic E-state index is 0.0173. The Morgan fingerprint density at radius 1 is 1.16 bits per heavy atom. The van der Waals surface area contributed by atoms with Crippen LogP contribution in [0.5, 0.6) is 0 Å². The van der Waals surface area contributed by atoms with E-state index < -0.39 is 5.97 Å². The zero-order valence-electron chi connectivity index (χ0n) is 14.2. The van der Waals surface area contributed by atoms with Crippen molar-refractivity contribution < 1.29 is 24.2 Å². The van der Waals surface area contributed by atoms with Crippen molar-refractivity contribution in [2.24, 2.45) is 5.92 Å². The molecule has 0 aromatic heterocycles. The van der Waals surface area contributed by atoms with E-state index in [-0.39, 0.29) is 29.3 Å². The van der Waals surface area contributed by atoms with Gasteiger partial charge in [0.25, 0.3) is 5.91 Å². The average molecular weight is 346 g/mol. The molecule has 0 aliphatic carbocycles. The van der Waals surface area contributed by atoms with Crippen molar-refractivity contribution in [1.82, 2.24) is 9.80 Å². The smallest absolute Gasteiger partial charge is 0.335 e. The summed E-state index contributed by atoms with van der Waals surface area (Å²) in [6.45, 7) is 1.95. The number of hydrogen-bond acceptors (Lipinski definition) is 4. The second kappa shape index (κ2) is 7.23. The number of benzene rings is 1. The fourth-order valence-corrected chi connectivity index (χ4v) is 3.63. The molecule has 3 aliphatic rings. The maximum absolute atomic E-state index is 12.8. The third-order valence-corrected chi connectivity index (χ3v) is 5.00. The van der Waals surface area contributed by atoms with Crippen LogP contribution in [0.1, 0.15) is 33.6 Å². The van der Waals surface area contributed by atoms with Crippen LogP contribution in [0.4, 0.5) is 0 Å². The monoisotopic (exact) mass is 346 g/mol. The number of hydrogen-bond donors (Lipinski definition) is 1. The highest BCUT2D eigenvalue weighted by Gasteiger charge is 2.41. The van der Waals surface area contributed by atoms with Crippen LogP contribution in [-0.2, 0) is 9.53 Å². The number of carboxylic acid groups (broad SMARTS) is 1. The minimum atomic E-state index is -1.02. The van der Waals surface area contributed by atoms with Gasteiger partial charge in [-0.2, -0.15) is 0 Å². The molecule has 4 rings (SSSR count). The van der Waals surface area contributed by atoms with Gasteiger partial charge in [0.15, 0.2) is 0 Å². The van der Waals surface area contributed by atoms with Crippen molar-refractivity contribution in [3.8, 4) is 0 Å². The maximum atomic E-state index is 12.8. The molecule has 2 atom stereocenters. The molecule has 0 spiro atoms. The molecule has 7 nitrogen and oxygen atoms in total. The van der Waals surface area contributed by atoms with Crippen LogP contribution in [-0.4, -0.2) is 72.1 Å². The Labute approximate surface area is 146 Å². The second-order valence-corrected chi connectivity index (χ2v) is 6.55. The Morgan fingerprint density at radius 2 is 1.84 bits per heavy atom. The molecule has 1 aromatic carbocycles. The van der Waals surface area contributed by atoms with Crippen LogP contribution >= 0.6 is 0 Å². The molecule has 1 N–H and O–H groups in total. The second-order valence-electron chi connectivity index (χ2n) is 6.55. The van der Waals surface area contributed by atoms with Gasteiger partial charge in [0.05, 0.1) is 18.1 Å². The van der Waals surface area contributed by atoms with E-state index in [1.165, 1.54) is 24.3 Å². The van der Waals surface area contributed by atoms with E-state index in [2.05, 4.69) is 0 Å². The van der Waals surface area contributed by atoms with Crippen LogP contribution in [0.2, 0.25) is 0 Å². The predicted octanol–water partition coefficient (Wildman–Crippen LogP) is 1.09. The Morgan fingerprint density at radius 3 is 2.48 bits per heavy atom. The molecule has 2 bridgehead atoms. The van der Waals surface area contributed by atoms with Crippen molar-refractivity contribution >= 4 is 17.8 Å². The normalized spacial score (nSPS) is 22.8. The zero-order chi connectivity index (χ0) is 18.0. The Balaban J connectivity index is 1.76. The third-order valence-electron chi connectivity index (χ3n) is 5.00. The summed E-state index contributed by atoms with van der Waals surface area (Å²) in [5.41, 5.74) is 0.593. The fraction of sp³-hybridized carbons (Fsp3) is 0.500. The van der Waals surface area contributed by atoms with Crippen LogP contribution in [0.25, 0.3) is 0 Å². The lowest BCUT2D eigenvalue weighted by Crippen LogP contribution is -2.49. The van der Waals surface area contributed by atoms with Gasteiger partial charge in [-0.1, -0.05) is 0 Å². The third kappa shape index (κ3) is 3.51. The molecular formula is C18H22N2O5. The highest BCUT2D eigenvalue weighted by molar-refractivity contribution is 5.96. The van der Waals surface area contributed by atoms with Gasteiger partial charge < -0.3 is 19.6 Å². The molecule has 3 saturated heterocycles. The number of methoxy groups -OCH3 is 1. The van der Waals surface area contributed by atoms with E-state index in [9.17, 15) is 14.4 Å². The predicted molar refractivity (Wildman–Crippen MR) is 89.4 cm³/mol. The van der Waals surface area contributed by atoms with Gasteiger partial charge in [0, 0.05) is 38.3 Å². The lowest BCUT2D eigenvalue weighted by Gasteiger charge is -2.35. The summed E-state index contributed by atoms with van der Waals surface area (Å²) >= 11 is 0. The van der Waals surface area contributed by atoms with Crippen LogP contribution in [0.15, 0.2) is 24.3 Å². The Kier molecular flexibility index (Phi) is 5.03. The number of carbonyl (C=O) groups is 3. The molecule has 3 aliphatic heterocycles. The van der Waals surface area contributed by atoms with E-state index in [1.54, 1.807) is 12.0 Å². The summed E-state index contributed by atoms with van der Waals surface area (Å²) in [6, 6.07) is 5.94. The standard InChI is InChI=1S/C18H22N2O5/c1-25-9-8-20-15-7-6-14(17(20)22)10-19(11-15)16(21)12-2-4-13(5-3-12)18(23)24/h2-5,14-15H,6-11H2,1H3,(H,23,24)/t14-,15+/m0/s1. The fourth-order valence-electron chi connectivity index (χ4n) is 3.63. The Hall–Kier alpha value is -2.41. The van der Waals surface area contributed by atoms with Gasteiger partial charge in [-0.25, -0.2) is 4.79 Å². The number of rotatable bonds is 5. The van der Waals surface area contributed by atoms with Gasteiger partial charge in [-0.15, -0.1) is 0 Å². The summed E-state index contributed by atoms with van der Waals surface area (Å²) in [5, 5.41) is 8.96. The summed E-state index contributed by atoms with van der Waals surface area (Å²) in [6.07, 6.45) is 1.69. The van der Waals surface area contributed by atoms with E-state index in [0.29, 0.717) is 31.8 Å². The molecule has 134 valence electrons. The van der Waals surface area contributed by atoms with E-state index in [0.717, 1.165) is 12.8 Å². The minimum Gasteiger partial charge on any atom is -0.478 e. The topological polar surface area (TPSA) is 87.2 Å². The van der Waals surface area contributed by atoms with Gasteiger partial charge in [-0.05, 0) is 37.1 Å². The number of carboxylic acids is 1. The summed E-state index contributed by atoms with van der Waals surface area (Å²) in [5.74, 6) is -1.25. The van der Waals surface area contributed by atoms with Gasteiger partial charge in [0.1, 0.15) is 0 Å². The maximum Gasteiger partial charge on any atom is 0.335 e. The van der Waals surface area contributed by atoms with E-state index in [1.807, 2.05) is 4.90 Å². The molecule has 0 radical (unpaired) electrons. The van der Waals surface area contributed by atoms with Crippen LogP contribution in [0, 0.1) is 5.92 Å². The van der Waals surface area contributed by atoms with Crippen LogP contribution < -0.4 is 0 Å². The molecule has 25 heavy (non-hydrogen) atoms. The van der Waals surface area contributed by atoms with Gasteiger partial charge in [-0.3, -0.25) is 9.59 Å². The first-order valence-electron chi connectivity index (χ1n) is 8.43. The zero-order valence-corrected chi connectivity index (χ0v) is 14.2. The molecule has 3 fully saturated rings. The van der Waals surface area contributed by atoms with E-state index >= 15 is 0 Å². The summed E-state index contributed by atoms with van der Waals surface area (Å²) in [4.78, 5) is 39.9. The van der Waals surface area contributed by atoms with Crippen molar-refractivity contribution in [2.75, 3.05) is 33.4 Å².